The van der Waals surface area contributed by atoms with Crippen molar-refractivity contribution < 1.29 is 4.74 Å². The van der Waals surface area contributed by atoms with Gasteiger partial charge in [-0.1, -0.05) is 6.92 Å². The molecule has 1 unspecified atom stereocenters. The van der Waals surface area contributed by atoms with Gasteiger partial charge in [0.2, 0.25) is 0 Å². The molecule has 0 saturated heterocycles. The summed E-state index contributed by atoms with van der Waals surface area (Å²) in [7, 11) is 1.72. The van der Waals surface area contributed by atoms with Crippen LogP contribution in [0.4, 0.5) is 5.82 Å². The van der Waals surface area contributed by atoms with Crippen LogP contribution in [-0.2, 0) is 4.74 Å². The number of hydrogen-bond donors (Lipinski definition) is 2. The summed E-state index contributed by atoms with van der Waals surface area (Å²) >= 11 is 0. The van der Waals surface area contributed by atoms with Gasteiger partial charge < -0.3 is 15.8 Å². The molecule has 0 aliphatic rings. The van der Waals surface area contributed by atoms with Gasteiger partial charge in [0.1, 0.15) is 5.82 Å². The number of nitrogen functional groups attached to an aromatic ring is 1. The zero-order valence-electron chi connectivity index (χ0n) is 12.1. The Labute approximate surface area is 110 Å². The molecule has 0 aliphatic carbocycles. The summed E-state index contributed by atoms with van der Waals surface area (Å²) in [5.74, 6) is 0.569. The molecule has 1 aromatic heterocycles. The Bertz CT molecular complexity index is 391. The van der Waals surface area contributed by atoms with Crippen LogP contribution in [0, 0.1) is 6.92 Å². The van der Waals surface area contributed by atoms with E-state index in [-0.39, 0.29) is 11.6 Å². The summed E-state index contributed by atoms with van der Waals surface area (Å²) in [5, 5.41) is 3.50. The Balaban J connectivity index is 3.12. The number of nitrogens with one attached hydrogen (secondary N) is 1. The summed E-state index contributed by atoms with van der Waals surface area (Å²) in [4.78, 5) is 4.24. The predicted octanol–water partition coefficient (Wildman–Crippen LogP) is 2.44. The van der Waals surface area contributed by atoms with Crippen LogP contribution < -0.4 is 11.1 Å². The first-order chi connectivity index (χ1) is 8.42. The molecule has 0 fully saturated rings. The smallest absolute Gasteiger partial charge is 0.128 e. The van der Waals surface area contributed by atoms with E-state index in [1.54, 1.807) is 13.3 Å². The lowest BCUT2D eigenvalue weighted by Crippen LogP contribution is -2.41. The Kier molecular flexibility index (Phi) is 5.11. The molecular formula is C14H25N3O. The molecule has 0 radical (unpaired) electrons. The molecule has 0 spiro atoms. The quantitative estimate of drug-likeness (QED) is 0.815. The first-order valence-corrected chi connectivity index (χ1v) is 6.43. The molecule has 0 bridgehead atoms. The van der Waals surface area contributed by atoms with Gasteiger partial charge in [-0.2, -0.15) is 0 Å². The number of methoxy groups -OCH3 is 1. The summed E-state index contributed by atoms with van der Waals surface area (Å²) in [5.41, 5.74) is 7.79. The van der Waals surface area contributed by atoms with Crippen LogP contribution in [0.15, 0.2) is 12.3 Å². The molecule has 4 heteroatoms. The van der Waals surface area contributed by atoms with Gasteiger partial charge in [-0.15, -0.1) is 0 Å². The SMILES string of the molecule is CCCNC(c1cc(C)cnc1N)C(C)(C)OC. The second-order valence-corrected chi connectivity index (χ2v) is 5.18. The van der Waals surface area contributed by atoms with E-state index in [1.165, 1.54) is 0 Å². The summed E-state index contributed by atoms with van der Waals surface area (Å²) in [6.07, 6.45) is 2.85. The van der Waals surface area contributed by atoms with Crippen LogP contribution >= 0.6 is 0 Å². The minimum atomic E-state index is -0.335. The molecular weight excluding hydrogens is 226 g/mol. The lowest BCUT2D eigenvalue weighted by molar-refractivity contribution is -0.0109. The zero-order valence-corrected chi connectivity index (χ0v) is 12.1. The van der Waals surface area contributed by atoms with Gasteiger partial charge in [0.25, 0.3) is 0 Å². The maximum absolute atomic E-state index is 6.01. The number of aromatic nitrogens is 1. The topological polar surface area (TPSA) is 60.2 Å². The van der Waals surface area contributed by atoms with Crippen LogP contribution in [0.5, 0.6) is 0 Å². The van der Waals surface area contributed by atoms with E-state index in [9.17, 15) is 0 Å². The van der Waals surface area contributed by atoms with Gasteiger partial charge in [0.05, 0.1) is 11.6 Å². The summed E-state index contributed by atoms with van der Waals surface area (Å²) < 4.78 is 5.60. The third kappa shape index (κ3) is 3.43. The van der Waals surface area contributed by atoms with Crippen molar-refractivity contribution in [3.8, 4) is 0 Å². The lowest BCUT2D eigenvalue weighted by atomic mass is 9.91. The maximum Gasteiger partial charge on any atom is 0.128 e. The monoisotopic (exact) mass is 251 g/mol. The van der Waals surface area contributed by atoms with Crippen LogP contribution in [-0.4, -0.2) is 24.2 Å². The number of nitrogens with zero attached hydrogens (tertiary/aromatic N) is 1. The summed E-state index contributed by atoms with van der Waals surface area (Å²) in [6.45, 7) is 9.20. The zero-order chi connectivity index (χ0) is 13.8. The molecule has 0 aliphatic heterocycles. The van der Waals surface area contributed by atoms with Gasteiger partial charge in [-0.05, 0) is 45.4 Å². The Morgan fingerprint density at radius 3 is 2.72 bits per heavy atom. The first kappa shape index (κ1) is 14.9. The largest absolute Gasteiger partial charge is 0.383 e. The van der Waals surface area contributed by atoms with E-state index in [0.29, 0.717) is 5.82 Å². The van der Waals surface area contributed by atoms with Crippen LogP contribution in [0.3, 0.4) is 0 Å². The van der Waals surface area contributed by atoms with Crippen LogP contribution in [0.25, 0.3) is 0 Å². The van der Waals surface area contributed by atoms with Gasteiger partial charge in [-0.25, -0.2) is 4.98 Å². The number of aryl methyl sites for hydroxylation is 1. The fraction of sp³-hybridized carbons (Fsp3) is 0.643. The molecule has 0 amide bonds. The van der Waals surface area contributed by atoms with E-state index >= 15 is 0 Å². The Morgan fingerprint density at radius 2 is 2.17 bits per heavy atom. The maximum atomic E-state index is 6.01. The van der Waals surface area contributed by atoms with Gasteiger partial charge in [0, 0.05) is 18.9 Å². The molecule has 18 heavy (non-hydrogen) atoms. The van der Waals surface area contributed by atoms with Gasteiger partial charge >= 0.3 is 0 Å². The lowest BCUT2D eigenvalue weighted by Gasteiger charge is -2.34. The number of nitrogens with two attached hydrogens (primary N) is 1. The van der Waals surface area contributed by atoms with E-state index in [0.717, 1.165) is 24.1 Å². The van der Waals surface area contributed by atoms with Crippen LogP contribution in [0.2, 0.25) is 0 Å². The minimum Gasteiger partial charge on any atom is -0.383 e. The van der Waals surface area contributed by atoms with E-state index in [2.05, 4.69) is 37.1 Å². The highest BCUT2D eigenvalue weighted by Crippen LogP contribution is 2.31. The van der Waals surface area contributed by atoms with E-state index in [1.807, 2.05) is 6.92 Å². The molecule has 0 aromatic carbocycles. The van der Waals surface area contributed by atoms with Gasteiger partial charge in [0.15, 0.2) is 0 Å². The van der Waals surface area contributed by atoms with E-state index < -0.39 is 0 Å². The fourth-order valence-electron chi connectivity index (χ4n) is 1.97. The third-order valence-corrected chi connectivity index (χ3v) is 3.22. The Hall–Kier alpha value is -1.13. The second kappa shape index (κ2) is 6.16. The summed E-state index contributed by atoms with van der Waals surface area (Å²) in [6, 6.07) is 2.12. The van der Waals surface area contributed by atoms with E-state index in [4.69, 9.17) is 10.5 Å². The normalized spacial score (nSPS) is 13.6. The highest BCUT2D eigenvalue weighted by atomic mass is 16.5. The number of hydrogen-bond acceptors (Lipinski definition) is 4. The number of ether oxygens (including phenoxy) is 1. The van der Waals surface area contributed by atoms with Crippen molar-refractivity contribution in [3.05, 3.63) is 23.4 Å². The molecule has 3 N–H and O–H groups in total. The molecule has 1 rings (SSSR count). The first-order valence-electron chi connectivity index (χ1n) is 6.43. The van der Waals surface area contributed by atoms with Crippen molar-refractivity contribution in [2.45, 2.75) is 45.8 Å². The highest BCUT2D eigenvalue weighted by molar-refractivity contribution is 5.44. The molecule has 1 aromatic rings. The second-order valence-electron chi connectivity index (χ2n) is 5.18. The van der Waals surface area contributed by atoms with Crippen molar-refractivity contribution in [3.63, 3.8) is 0 Å². The third-order valence-electron chi connectivity index (χ3n) is 3.22. The van der Waals surface area contributed by atoms with Crippen molar-refractivity contribution >= 4 is 5.82 Å². The van der Waals surface area contributed by atoms with Crippen LogP contribution in [0.1, 0.15) is 44.4 Å². The molecule has 1 atom stereocenters. The standard InChI is InChI=1S/C14H25N3O/c1-6-7-16-12(14(3,4)18-5)11-8-10(2)9-17-13(11)15/h8-9,12,16H,6-7H2,1-5H3,(H2,15,17). The van der Waals surface area contributed by atoms with Crippen molar-refractivity contribution in [1.82, 2.24) is 10.3 Å². The molecule has 102 valence electrons. The van der Waals surface area contributed by atoms with Gasteiger partial charge in [-0.3, -0.25) is 0 Å². The number of anilines is 1. The van der Waals surface area contributed by atoms with Crippen molar-refractivity contribution in [2.75, 3.05) is 19.4 Å². The predicted molar refractivity (Wildman–Crippen MR) is 75.5 cm³/mol. The van der Waals surface area contributed by atoms with Crippen molar-refractivity contribution in [1.29, 1.82) is 0 Å². The molecule has 1 heterocycles. The fourth-order valence-corrected chi connectivity index (χ4v) is 1.97. The number of rotatable bonds is 6. The minimum absolute atomic E-state index is 0.0369. The molecule has 4 nitrogen and oxygen atoms in total. The van der Waals surface area contributed by atoms with Crippen molar-refractivity contribution in [2.24, 2.45) is 0 Å². The average Bonchev–Trinajstić information content (AvgIpc) is 2.33. The average molecular weight is 251 g/mol. The molecule has 0 saturated carbocycles. The Morgan fingerprint density at radius 1 is 1.50 bits per heavy atom. The number of pyridine rings is 1. The highest BCUT2D eigenvalue weighted by Gasteiger charge is 2.32.